The van der Waals surface area contributed by atoms with Crippen molar-refractivity contribution in [1.82, 2.24) is 0 Å². The molecule has 0 radical (unpaired) electrons. The van der Waals surface area contributed by atoms with Gasteiger partial charge in [-0.2, -0.15) is 0 Å². The van der Waals surface area contributed by atoms with Gasteiger partial charge in [0.25, 0.3) is 0 Å². The van der Waals surface area contributed by atoms with Crippen molar-refractivity contribution in [1.29, 1.82) is 0 Å². The van der Waals surface area contributed by atoms with Crippen LogP contribution in [0.4, 0.5) is 0 Å². The van der Waals surface area contributed by atoms with Gasteiger partial charge in [0.05, 0.1) is 13.2 Å². The van der Waals surface area contributed by atoms with Crippen LogP contribution in [0, 0.1) is 5.92 Å². The Hall–Kier alpha value is -2.14. The summed E-state index contributed by atoms with van der Waals surface area (Å²) in [7, 11) is 0. The topological polar surface area (TPSA) is 61.8 Å². The van der Waals surface area contributed by atoms with E-state index in [0.29, 0.717) is 13.0 Å². The normalized spacial score (nSPS) is 11.7. The SMILES string of the molecule is CC(C)=CC(=O)OC[C@H](COCc1ccccc1)OC(=O)CC(C)C. The summed E-state index contributed by atoms with van der Waals surface area (Å²) in [6.07, 6.45) is 1.10. The average molecular weight is 348 g/mol. The molecular formula is C20H28O5. The molecule has 138 valence electrons. The van der Waals surface area contributed by atoms with Crippen molar-refractivity contribution in [3.05, 3.63) is 47.5 Å². The third-order valence-electron chi connectivity index (χ3n) is 3.11. The molecule has 0 aromatic heterocycles. The van der Waals surface area contributed by atoms with Crippen LogP contribution in [0.5, 0.6) is 0 Å². The van der Waals surface area contributed by atoms with Gasteiger partial charge in [-0.15, -0.1) is 0 Å². The Morgan fingerprint density at radius 3 is 2.36 bits per heavy atom. The zero-order valence-electron chi connectivity index (χ0n) is 15.5. The van der Waals surface area contributed by atoms with Crippen LogP contribution in [-0.4, -0.2) is 31.3 Å². The van der Waals surface area contributed by atoms with Gasteiger partial charge in [0.2, 0.25) is 0 Å². The first kappa shape index (κ1) is 20.9. The van der Waals surface area contributed by atoms with Crippen molar-refractivity contribution in [2.45, 2.75) is 46.8 Å². The van der Waals surface area contributed by atoms with E-state index in [9.17, 15) is 9.59 Å². The number of benzene rings is 1. The fourth-order valence-electron chi connectivity index (χ4n) is 2.02. The molecule has 0 aliphatic rings. The smallest absolute Gasteiger partial charge is 0.330 e. The van der Waals surface area contributed by atoms with Crippen molar-refractivity contribution in [3.8, 4) is 0 Å². The lowest BCUT2D eigenvalue weighted by Crippen LogP contribution is -2.30. The van der Waals surface area contributed by atoms with Gasteiger partial charge in [-0.1, -0.05) is 49.8 Å². The number of hydrogen-bond donors (Lipinski definition) is 0. The maximum atomic E-state index is 11.9. The molecule has 0 unspecified atom stereocenters. The summed E-state index contributed by atoms with van der Waals surface area (Å²) in [5.41, 5.74) is 1.87. The van der Waals surface area contributed by atoms with Crippen LogP contribution in [0.1, 0.15) is 39.7 Å². The Bertz CT molecular complexity index is 559. The largest absolute Gasteiger partial charge is 0.458 e. The average Bonchev–Trinajstić information content (AvgIpc) is 2.52. The van der Waals surface area contributed by atoms with Crippen LogP contribution in [0.15, 0.2) is 42.0 Å². The lowest BCUT2D eigenvalue weighted by molar-refractivity contribution is -0.161. The number of esters is 2. The van der Waals surface area contributed by atoms with E-state index in [-0.39, 0.29) is 25.1 Å². The van der Waals surface area contributed by atoms with Gasteiger partial charge in [0.1, 0.15) is 6.61 Å². The fraction of sp³-hybridized carbons (Fsp3) is 0.500. The highest BCUT2D eigenvalue weighted by Gasteiger charge is 2.18. The van der Waals surface area contributed by atoms with E-state index < -0.39 is 12.1 Å². The molecule has 5 nitrogen and oxygen atoms in total. The molecule has 5 heteroatoms. The van der Waals surface area contributed by atoms with Crippen LogP contribution < -0.4 is 0 Å². The molecule has 1 aromatic carbocycles. The van der Waals surface area contributed by atoms with Gasteiger partial charge < -0.3 is 14.2 Å². The summed E-state index contributed by atoms with van der Waals surface area (Å²) in [4.78, 5) is 23.5. The minimum atomic E-state index is -0.621. The molecule has 1 rings (SSSR count). The van der Waals surface area contributed by atoms with Gasteiger partial charge >= 0.3 is 11.9 Å². The maximum Gasteiger partial charge on any atom is 0.330 e. The summed E-state index contributed by atoms with van der Waals surface area (Å²) in [6, 6.07) is 9.70. The monoisotopic (exact) mass is 348 g/mol. The molecule has 0 amide bonds. The Morgan fingerprint density at radius 2 is 1.76 bits per heavy atom. The lowest BCUT2D eigenvalue weighted by Gasteiger charge is -2.18. The standard InChI is InChI=1S/C20H28O5/c1-15(2)10-19(21)24-14-18(25-20(22)11-16(3)4)13-23-12-17-8-6-5-7-9-17/h5-10,16,18H,11-14H2,1-4H3/t18-/m0/s1. The highest BCUT2D eigenvalue weighted by molar-refractivity contribution is 5.82. The Balaban J connectivity index is 2.52. The molecule has 0 saturated heterocycles. The molecule has 1 atom stereocenters. The lowest BCUT2D eigenvalue weighted by atomic mass is 10.1. The van der Waals surface area contributed by atoms with Crippen molar-refractivity contribution < 1.29 is 23.8 Å². The maximum absolute atomic E-state index is 11.9. The Morgan fingerprint density at radius 1 is 1.08 bits per heavy atom. The molecule has 0 spiro atoms. The zero-order valence-corrected chi connectivity index (χ0v) is 15.5. The van der Waals surface area contributed by atoms with Crippen LogP contribution in [0.3, 0.4) is 0 Å². The van der Waals surface area contributed by atoms with Gasteiger partial charge in [-0.25, -0.2) is 4.79 Å². The second-order valence-electron chi connectivity index (χ2n) is 6.56. The molecule has 0 saturated carbocycles. The van der Waals surface area contributed by atoms with Crippen molar-refractivity contribution in [2.24, 2.45) is 5.92 Å². The first-order valence-electron chi connectivity index (χ1n) is 8.49. The second kappa shape index (κ2) is 11.4. The first-order chi connectivity index (χ1) is 11.9. The Kier molecular flexibility index (Phi) is 9.55. The molecule has 1 aromatic rings. The second-order valence-corrected chi connectivity index (χ2v) is 6.56. The molecule has 0 heterocycles. The van der Waals surface area contributed by atoms with E-state index in [2.05, 4.69) is 0 Å². The number of ether oxygens (including phenoxy) is 3. The van der Waals surface area contributed by atoms with Crippen LogP contribution in [0.2, 0.25) is 0 Å². The molecule has 0 aliphatic heterocycles. The van der Waals surface area contributed by atoms with Gasteiger partial charge in [-0.05, 0) is 25.3 Å². The predicted molar refractivity (Wildman–Crippen MR) is 95.8 cm³/mol. The predicted octanol–water partition coefficient (Wildman–Crippen LogP) is 3.67. The Labute approximate surface area is 150 Å². The number of hydrogen-bond acceptors (Lipinski definition) is 5. The highest BCUT2D eigenvalue weighted by Crippen LogP contribution is 2.07. The third kappa shape index (κ3) is 10.4. The van der Waals surface area contributed by atoms with E-state index >= 15 is 0 Å². The van der Waals surface area contributed by atoms with E-state index in [0.717, 1.165) is 11.1 Å². The van der Waals surface area contributed by atoms with Crippen molar-refractivity contribution in [2.75, 3.05) is 13.2 Å². The van der Waals surface area contributed by atoms with Crippen LogP contribution >= 0.6 is 0 Å². The summed E-state index contributed by atoms with van der Waals surface area (Å²) >= 11 is 0. The minimum absolute atomic E-state index is 0.0265. The van der Waals surface area contributed by atoms with E-state index in [1.54, 1.807) is 0 Å². The summed E-state index contributed by atoms with van der Waals surface area (Å²) < 4.78 is 16.2. The van der Waals surface area contributed by atoms with Gasteiger partial charge in [0, 0.05) is 12.5 Å². The van der Waals surface area contributed by atoms with E-state index in [1.807, 2.05) is 58.0 Å². The first-order valence-corrected chi connectivity index (χ1v) is 8.49. The number of allylic oxidation sites excluding steroid dienone is 1. The number of carbonyl (C=O) groups excluding carboxylic acids is 2. The van der Waals surface area contributed by atoms with E-state index in [4.69, 9.17) is 14.2 Å². The molecule has 0 bridgehead atoms. The molecular weight excluding hydrogens is 320 g/mol. The highest BCUT2D eigenvalue weighted by atomic mass is 16.6. The quantitative estimate of drug-likeness (QED) is 0.477. The van der Waals surface area contributed by atoms with Crippen molar-refractivity contribution in [3.63, 3.8) is 0 Å². The van der Waals surface area contributed by atoms with Crippen LogP contribution in [0.25, 0.3) is 0 Å². The minimum Gasteiger partial charge on any atom is -0.458 e. The molecule has 0 fully saturated rings. The van der Waals surface area contributed by atoms with E-state index in [1.165, 1.54) is 6.08 Å². The third-order valence-corrected chi connectivity index (χ3v) is 3.11. The van der Waals surface area contributed by atoms with Crippen LogP contribution in [-0.2, 0) is 30.4 Å². The zero-order chi connectivity index (χ0) is 18.7. The van der Waals surface area contributed by atoms with Gasteiger partial charge in [0.15, 0.2) is 6.10 Å². The molecule has 25 heavy (non-hydrogen) atoms. The summed E-state index contributed by atoms with van der Waals surface area (Å²) in [5, 5.41) is 0. The van der Waals surface area contributed by atoms with Gasteiger partial charge in [-0.3, -0.25) is 4.79 Å². The van der Waals surface area contributed by atoms with Crippen molar-refractivity contribution >= 4 is 11.9 Å². The molecule has 0 aliphatic carbocycles. The number of rotatable bonds is 10. The fourth-order valence-corrected chi connectivity index (χ4v) is 2.02. The molecule has 0 N–H and O–H groups in total. The summed E-state index contributed by atoms with van der Waals surface area (Å²) in [6.45, 7) is 8.05. The number of carbonyl (C=O) groups is 2. The summed E-state index contributed by atoms with van der Waals surface area (Å²) in [5.74, 6) is -0.568.